The van der Waals surface area contributed by atoms with E-state index in [-0.39, 0.29) is 17.7 Å². The minimum absolute atomic E-state index is 0.107. The van der Waals surface area contributed by atoms with Gasteiger partial charge in [-0.15, -0.1) is 0 Å². The van der Waals surface area contributed by atoms with Gasteiger partial charge in [0.15, 0.2) is 0 Å². The molecule has 1 saturated carbocycles. The highest BCUT2D eigenvalue weighted by Crippen LogP contribution is 2.24. The van der Waals surface area contributed by atoms with Gasteiger partial charge in [-0.3, -0.25) is 9.59 Å². The molecular weight excluding hydrogens is 388 g/mol. The fourth-order valence-electron chi connectivity index (χ4n) is 4.03. The molecule has 31 heavy (non-hydrogen) atoms. The number of nitrogens with one attached hydrogen (secondary N) is 2. The zero-order valence-electron chi connectivity index (χ0n) is 17.6. The number of carbonyl (C=O) groups is 2. The first-order chi connectivity index (χ1) is 15.2. The van der Waals surface area contributed by atoms with E-state index >= 15 is 0 Å². The Hall–Kier alpha value is -3.41. The number of nitrogens with zero attached hydrogens (tertiary/aromatic N) is 2. The monoisotopic (exact) mass is 416 g/mol. The van der Waals surface area contributed by atoms with Crippen molar-refractivity contribution in [2.24, 2.45) is 5.92 Å². The van der Waals surface area contributed by atoms with E-state index in [0.29, 0.717) is 24.3 Å². The van der Waals surface area contributed by atoms with E-state index < -0.39 is 0 Å². The smallest absolute Gasteiger partial charge is 0.255 e. The number of benzene rings is 2. The molecule has 0 unspecified atom stereocenters. The van der Waals surface area contributed by atoms with Crippen molar-refractivity contribution in [3.05, 3.63) is 72.4 Å². The summed E-state index contributed by atoms with van der Waals surface area (Å²) >= 11 is 0. The van der Waals surface area contributed by atoms with Gasteiger partial charge in [0.1, 0.15) is 5.69 Å². The largest absolute Gasteiger partial charge is 0.354 e. The van der Waals surface area contributed by atoms with Crippen molar-refractivity contribution in [1.29, 1.82) is 0 Å². The Bertz CT molecular complexity index is 1010. The molecule has 1 aliphatic carbocycles. The zero-order valence-corrected chi connectivity index (χ0v) is 17.6. The lowest BCUT2D eigenvalue weighted by atomic mass is 9.89. The van der Waals surface area contributed by atoms with E-state index in [0.717, 1.165) is 36.9 Å². The molecule has 0 radical (unpaired) electrons. The van der Waals surface area contributed by atoms with Gasteiger partial charge >= 0.3 is 0 Å². The Morgan fingerprint density at radius 2 is 1.52 bits per heavy atom. The van der Waals surface area contributed by atoms with Gasteiger partial charge in [0.05, 0.1) is 11.3 Å². The standard InChI is InChI=1S/C25H28N4O2/c30-24(20-12-6-2-7-13-20)26-16-17-27-25(31)22-18-29(21-14-8-3-9-15-21)28-23(22)19-10-4-1-5-11-19/h1,3-5,8-11,14-15,18,20H,2,6-7,12-13,16-17H2,(H,26,30)(H,27,31). The van der Waals surface area contributed by atoms with Gasteiger partial charge < -0.3 is 10.6 Å². The van der Waals surface area contributed by atoms with Gasteiger partial charge in [0, 0.05) is 30.8 Å². The Kier molecular flexibility index (Phi) is 6.77. The zero-order chi connectivity index (χ0) is 21.5. The maximum atomic E-state index is 13.0. The van der Waals surface area contributed by atoms with Crippen LogP contribution in [0.5, 0.6) is 0 Å². The molecule has 2 amide bonds. The van der Waals surface area contributed by atoms with Crippen molar-refractivity contribution in [3.8, 4) is 16.9 Å². The van der Waals surface area contributed by atoms with Crippen LogP contribution < -0.4 is 10.6 Å². The third kappa shape index (κ3) is 5.20. The third-order valence-electron chi connectivity index (χ3n) is 5.71. The molecule has 6 nitrogen and oxygen atoms in total. The topological polar surface area (TPSA) is 76.0 Å². The van der Waals surface area contributed by atoms with Crippen molar-refractivity contribution in [1.82, 2.24) is 20.4 Å². The number of para-hydroxylation sites is 1. The molecule has 0 spiro atoms. The summed E-state index contributed by atoms with van der Waals surface area (Å²) in [5.74, 6) is 0.0296. The predicted molar refractivity (Wildman–Crippen MR) is 121 cm³/mol. The lowest BCUT2D eigenvalue weighted by molar-refractivity contribution is -0.125. The first-order valence-electron chi connectivity index (χ1n) is 11.0. The summed E-state index contributed by atoms with van der Waals surface area (Å²) in [6, 6.07) is 19.4. The van der Waals surface area contributed by atoms with Crippen molar-refractivity contribution < 1.29 is 9.59 Å². The summed E-state index contributed by atoms with van der Waals surface area (Å²) in [5.41, 5.74) is 2.91. The van der Waals surface area contributed by atoms with E-state index in [9.17, 15) is 9.59 Å². The van der Waals surface area contributed by atoms with Gasteiger partial charge in [-0.1, -0.05) is 67.8 Å². The van der Waals surface area contributed by atoms with Crippen molar-refractivity contribution >= 4 is 11.8 Å². The molecule has 1 aromatic heterocycles. The fraction of sp³-hybridized carbons (Fsp3) is 0.320. The van der Waals surface area contributed by atoms with Crippen LogP contribution >= 0.6 is 0 Å². The first-order valence-corrected chi connectivity index (χ1v) is 11.0. The molecule has 1 heterocycles. The van der Waals surface area contributed by atoms with Crippen LogP contribution in [0.2, 0.25) is 0 Å². The SMILES string of the molecule is O=C(NCCNC(=O)C1CCCCC1)c1cn(-c2ccccc2)nc1-c1ccccc1. The maximum Gasteiger partial charge on any atom is 0.255 e. The molecule has 0 atom stereocenters. The average Bonchev–Trinajstić information content (AvgIpc) is 3.29. The molecule has 1 fully saturated rings. The number of aromatic nitrogens is 2. The summed E-state index contributed by atoms with van der Waals surface area (Å²) < 4.78 is 1.72. The maximum absolute atomic E-state index is 13.0. The van der Waals surface area contributed by atoms with Gasteiger partial charge in [-0.2, -0.15) is 5.10 Å². The van der Waals surface area contributed by atoms with Crippen molar-refractivity contribution in [2.75, 3.05) is 13.1 Å². The molecule has 6 heteroatoms. The molecule has 1 aliphatic rings. The molecular formula is C25H28N4O2. The van der Waals surface area contributed by atoms with Crippen LogP contribution in [0.3, 0.4) is 0 Å². The average molecular weight is 417 g/mol. The Morgan fingerprint density at radius 3 is 2.23 bits per heavy atom. The fourth-order valence-corrected chi connectivity index (χ4v) is 4.03. The van der Waals surface area contributed by atoms with E-state index in [1.807, 2.05) is 60.7 Å². The van der Waals surface area contributed by atoms with Crippen LogP contribution in [-0.4, -0.2) is 34.7 Å². The van der Waals surface area contributed by atoms with Crippen molar-refractivity contribution in [2.45, 2.75) is 32.1 Å². The van der Waals surface area contributed by atoms with Crippen LogP contribution in [0.4, 0.5) is 0 Å². The van der Waals surface area contributed by atoms with E-state index in [2.05, 4.69) is 15.7 Å². The molecule has 3 aromatic rings. The van der Waals surface area contributed by atoms with Crippen LogP contribution in [0, 0.1) is 5.92 Å². The normalized spacial score (nSPS) is 14.2. The second-order valence-electron chi connectivity index (χ2n) is 7.92. The molecule has 2 N–H and O–H groups in total. The Labute approximate surface area is 182 Å². The minimum Gasteiger partial charge on any atom is -0.354 e. The van der Waals surface area contributed by atoms with Gasteiger partial charge in [-0.25, -0.2) is 4.68 Å². The third-order valence-corrected chi connectivity index (χ3v) is 5.71. The lowest BCUT2D eigenvalue weighted by Crippen LogP contribution is -2.38. The number of hydrogen-bond donors (Lipinski definition) is 2. The van der Waals surface area contributed by atoms with Crippen LogP contribution in [-0.2, 0) is 4.79 Å². The number of carbonyl (C=O) groups excluding carboxylic acids is 2. The number of hydrogen-bond acceptors (Lipinski definition) is 3. The lowest BCUT2D eigenvalue weighted by Gasteiger charge is -2.20. The second-order valence-corrected chi connectivity index (χ2v) is 7.92. The first kappa shape index (κ1) is 20.8. The van der Waals surface area contributed by atoms with Crippen LogP contribution in [0.15, 0.2) is 66.9 Å². The highest BCUT2D eigenvalue weighted by Gasteiger charge is 2.21. The predicted octanol–water partition coefficient (Wildman–Crippen LogP) is 3.97. The molecule has 2 aromatic carbocycles. The number of amides is 2. The molecule has 0 saturated heterocycles. The van der Waals surface area contributed by atoms with Crippen molar-refractivity contribution in [3.63, 3.8) is 0 Å². The second kappa shape index (κ2) is 10.1. The molecule has 160 valence electrons. The molecule has 0 bridgehead atoms. The summed E-state index contributed by atoms with van der Waals surface area (Å²) in [5, 5.41) is 10.6. The Morgan fingerprint density at radius 1 is 0.871 bits per heavy atom. The number of rotatable bonds is 7. The minimum atomic E-state index is -0.201. The highest BCUT2D eigenvalue weighted by molar-refractivity contribution is 6.00. The summed E-state index contributed by atoms with van der Waals surface area (Å²) in [4.78, 5) is 25.2. The van der Waals surface area contributed by atoms with E-state index in [4.69, 9.17) is 0 Å². The summed E-state index contributed by atoms with van der Waals surface area (Å²) in [7, 11) is 0. The van der Waals surface area contributed by atoms with Gasteiger partial charge in [0.2, 0.25) is 5.91 Å². The molecule has 4 rings (SSSR count). The summed E-state index contributed by atoms with van der Waals surface area (Å²) in [6.07, 6.45) is 7.17. The van der Waals surface area contributed by atoms with Gasteiger partial charge in [0.25, 0.3) is 5.91 Å². The highest BCUT2D eigenvalue weighted by atomic mass is 16.2. The van der Waals surface area contributed by atoms with Crippen LogP contribution in [0.25, 0.3) is 16.9 Å². The summed E-state index contributed by atoms with van der Waals surface area (Å²) in [6.45, 7) is 0.802. The van der Waals surface area contributed by atoms with Crippen LogP contribution in [0.1, 0.15) is 42.5 Å². The van der Waals surface area contributed by atoms with Gasteiger partial charge in [-0.05, 0) is 25.0 Å². The Balaban J connectivity index is 1.43. The molecule has 0 aliphatic heterocycles. The van der Waals surface area contributed by atoms with E-state index in [1.165, 1.54) is 6.42 Å². The van der Waals surface area contributed by atoms with E-state index in [1.54, 1.807) is 10.9 Å². The quantitative estimate of drug-likeness (QED) is 0.572.